The van der Waals surface area contributed by atoms with Crippen molar-refractivity contribution >= 4 is 33.7 Å². The molecule has 76 valence electrons. The molecule has 0 aliphatic heterocycles. The number of H-pyrrole nitrogens is 1. The molecule has 0 amide bonds. The van der Waals surface area contributed by atoms with Gasteiger partial charge in [0.2, 0.25) is 0 Å². The number of aliphatic imine (C=N–C) groups is 1. The second kappa shape index (κ2) is 5.21. The Bertz CT molecular complexity index is 356. The number of nitrogens with one attached hydrogen (secondary N) is 2. The molecule has 1 aromatic heterocycles. The molecule has 0 aromatic carbocycles. The quantitative estimate of drug-likeness (QED) is 0.571. The molecule has 0 bridgehead atoms. The summed E-state index contributed by atoms with van der Waals surface area (Å²) in [5, 5.41) is 8.49. The van der Waals surface area contributed by atoms with Crippen LogP contribution in [0.1, 0.15) is 11.5 Å². The van der Waals surface area contributed by atoms with Crippen LogP contribution in [0, 0.1) is 12.3 Å². The molecular weight excluding hydrogens is 216 g/mol. The van der Waals surface area contributed by atoms with Crippen LogP contribution < -0.4 is 0 Å². The predicted octanol–water partition coefficient (Wildman–Crippen LogP) is 2.13. The van der Waals surface area contributed by atoms with Gasteiger partial charge in [0.1, 0.15) is 5.04 Å². The van der Waals surface area contributed by atoms with E-state index in [2.05, 4.69) is 15.0 Å². The number of aryl methyl sites for hydroxylation is 1. The molecule has 0 aliphatic rings. The zero-order chi connectivity index (χ0) is 10.6. The molecule has 2 N–H and O–H groups in total. The van der Waals surface area contributed by atoms with Crippen molar-refractivity contribution in [2.75, 3.05) is 12.5 Å². The smallest absolute Gasteiger partial charge is 0.180 e. The van der Waals surface area contributed by atoms with Gasteiger partial charge in [0, 0.05) is 11.9 Å². The number of nitrogens with zero attached hydrogens (tertiary/aromatic N) is 2. The second-order valence-electron chi connectivity index (χ2n) is 2.55. The Morgan fingerprint density at radius 1 is 1.50 bits per heavy atom. The number of hydrogen-bond donors (Lipinski definition) is 2. The predicted molar refractivity (Wildman–Crippen MR) is 64.6 cm³/mol. The Balaban J connectivity index is 2.92. The van der Waals surface area contributed by atoms with Crippen LogP contribution in [-0.4, -0.2) is 32.7 Å². The summed E-state index contributed by atoms with van der Waals surface area (Å²) >= 11 is 2.79. The normalized spacial score (nSPS) is 11.8. The molecule has 1 aromatic rings. The summed E-state index contributed by atoms with van der Waals surface area (Å²) in [5.41, 5.74) is 0.998. The van der Waals surface area contributed by atoms with Crippen LogP contribution in [0.3, 0.4) is 0 Å². The van der Waals surface area contributed by atoms with Crippen LogP contribution in [0.5, 0.6) is 0 Å². The number of aromatic amines is 1. The Morgan fingerprint density at radius 3 is 2.64 bits per heavy atom. The van der Waals surface area contributed by atoms with E-state index in [1.807, 2.05) is 19.4 Å². The molecule has 0 unspecified atom stereocenters. The van der Waals surface area contributed by atoms with Crippen molar-refractivity contribution in [1.29, 1.82) is 5.41 Å². The van der Waals surface area contributed by atoms with Crippen LogP contribution in [0.25, 0.3) is 0 Å². The van der Waals surface area contributed by atoms with Gasteiger partial charge >= 0.3 is 0 Å². The van der Waals surface area contributed by atoms with Crippen LogP contribution in [-0.2, 0) is 0 Å². The summed E-state index contributed by atoms with van der Waals surface area (Å²) in [6.07, 6.45) is 5.51. The summed E-state index contributed by atoms with van der Waals surface area (Å²) in [7, 11) is 0. The number of rotatable bonds is 1. The van der Waals surface area contributed by atoms with Gasteiger partial charge in [0.05, 0.1) is 0 Å². The SMILES string of the molecule is CSC(=N)/N=C(/SC)c1ncc(C)[nH]1. The Morgan fingerprint density at radius 2 is 2.21 bits per heavy atom. The van der Waals surface area contributed by atoms with Crippen molar-refractivity contribution < 1.29 is 0 Å². The highest BCUT2D eigenvalue weighted by molar-refractivity contribution is 8.15. The average Bonchev–Trinajstić information content (AvgIpc) is 2.60. The van der Waals surface area contributed by atoms with E-state index in [1.54, 1.807) is 6.20 Å². The van der Waals surface area contributed by atoms with Crippen molar-refractivity contribution in [3.8, 4) is 0 Å². The van der Waals surface area contributed by atoms with E-state index in [9.17, 15) is 0 Å². The minimum atomic E-state index is 0.295. The van der Waals surface area contributed by atoms with E-state index < -0.39 is 0 Å². The lowest BCUT2D eigenvalue weighted by molar-refractivity contribution is 1.23. The first-order chi connectivity index (χ1) is 6.67. The maximum Gasteiger partial charge on any atom is 0.180 e. The fraction of sp³-hybridized carbons (Fsp3) is 0.375. The standard InChI is InChI=1S/C8H12N4S2/c1-5-4-10-6(11-5)7(13-2)12-8(9)14-3/h4,9H,1-3H3,(H,10,11)/b9-8?,12-7+. The lowest BCUT2D eigenvalue weighted by Crippen LogP contribution is -2.00. The van der Waals surface area contributed by atoms with Crippen LogP contribution in [0.4, 0.5) is 0 Å². The third-order valence-corrected chi connectivity index (χ3v) is 2.64. The fourth-order valence-corrected chi connectivity index (χ4v) is 1.57. The number of thioether (sulfide) groups is 2. The zero-order valence-electron chi connectivity index (χ0n) is 8.29. The van der Waals surface area contributed by atoms with Gasteiger partial charge in [-0.2, -0.15) is 0 Å². The van der Waals surface area contributed by atoms with Crippen molar-refractivity contribution in [1.82, 2.24) is 9.97 Å². The maximum absolute atomic E-state index is 7.45. The van der Waals surface area contributed by atoms with Crippen molar-refractivity contribution in [3.63, 3.8) is 0 Å². The van der Waals surface area contributed by atoms with Gasteiger partial charge in [0.25, 0.3) is 0 Å². The Kier molecular flexibility index (Phi) is 4.21. The number of hydrogen-bond acceptors (Lipinski definition) is 4. The number of imidazole rings is 1. The zero-order valence-corrected chi connectivity index (χ0v) is 9.92. The van der Waals surface area contributed by atoms with Gasteiger partial charge in [0.15, 0.2) is 11.0 Å². The van der Waals surface area contributed by atoms with Gasteiger partial charge in [-0.15, -0.1) is 11.8 Å². The third kappa shape index (κ3) is 2.88. The minimum absolute atomic E-state index is 0.295. The summed E-state index contributed by atoms with van der Waals surface area (Å²) in [4.78, 5) is 11.4. The average molecular weight is 228 g/mol. The Labute approximate surface area is 91.5 Å². The highest BCUT2D eigenvalue weighted by atomic mass is 32.2. The van der Waals surface area contributed by atoms with Crippen LogP contribution in [0.2, 0.25) is 0 Å². The first-order valence-electron chi connectivity index (χ1n) is 3.94. The second-order valence-corrected chi connectivity index (χ2v) is 4.14. The maximum atomic E-state index is 7.45. The summed E-state index contributed by atoms with van der Waals surface area (Å²) in [6, 6.07) is 0. The molecule has 1 rings (SSSR count). The molecule has 6 heteroatoms. The fourth-order valence-electron chi connectivity index (χ4n) is 0.855. The van der Waals surface area contributed by atoms with E-state index in [0.717, 1.165) is 16.6 Å². The lowest BCUT2D eigenvalue weighted by Gasteiger charge is -1.98. The third-order valence-electron chi connectivity index (χ3n) is 1.50. The highest BCUT2D eigenvalue weighted by Gasteiger charge is 2.06. The molecule has 1 heterocycles. The molecular formula is C8H12N4S2. The first-order valence-corrected chi connectivity index (χ1v) is 6.39. The van der Waals surface area contributed by atoms with E-state index in [4.69, 9.17) is 5.41 Å². The number of amidine groups is 1. The largest absolute Gasteiger partial charge is 0.340 e. The molecule has 0 radical (unpaired) electrons. The van der Waals surface area contributed by atoms with Crippen LogP contribution in [0.15, 0.2) is 11.2 Å². The van der Waals surface area contributed by atoms with Crippen molar-refractivity contribution in [2.24, 2.45) is 4.99 Å². The number of aromatic nitrogens is 2. The molecule has 0 fully saturated rings. The van der Waals surface area contributed by atoms with Crippen LogP contribution >= 0.6 is 23.5 Å². The minimum Gasteiger partial charge on any atom is -0.340 e. The molecule has 14 heavy (non-hydrogen) atoms. The van der Waals surface area contributed by atoms with Crippen molar-refractivity contribution in [2.45, 2.75) is 6.92 Å². The van der Waals surface area contributed by atoms with E-state index in [1.165, 1.54) is 23.5 Å². The topological polar surface area (TPSA) is 64.9 Å². The van der Waals surface area contributed by atoms with E-state index in [0.29, 0.717) is 5.17 Å². The first kappa shape index (κ1) is 11.3. The molecule has 4 nitrogen and oxygen atoms in total. The van der Waals surface area contributed by atoms with Gasteiger partial charge in [-0.3, -0.25) is 5.41 Å². The molecule has 0 spiro atoms. The van der Waals surface area contributed by atoms with Gasteiger partial charge in [-0.05, 0) is 19.4 Å². The summed E-state index contributed by atoms with van der Waals surface area (Å²) < 4.78 is 0. The van der Waals surface area contributed by atoms with Gasteiger partial charge in [-0.1, -0.05) is 11.8 Å². The molecule has 0 saturated carbocycles. The Hall–Kier alpha value is -0.750. The molecule has 0 atom stereocenters. The monoisotopic (exact) mass is 228 g/mol. The van der Waals surface area contributed by atoms with Gasteiger partial charge < -0.3 is 4.98 Å². The molecule has 0 saturated heterocycles. The van der Waals surface area contributed by atoms with Crippen molar-refractivity contribution in [3.05, 3.63) is 17.7 Å². The highest BCUT2D eigenvalue weighted by Crippen LogP contribution is 2.10. The summed E-state index contributed by atoms with van der Waals surface area (Å²) in [6.45, 7) is 1.94. The lowest BCUT2D eigenvalue weighted by atomic mass is 10.6. The summed E-state index contributed by atoms with van der Waals surface area (Å²) in [5.74, 6) is 0.730. The van der Waals surface area contributed by atoms with E-state index >= 15 is 0 Å². The van der Waals surface area contributed by atoms with Gasteiger partial charge in [-0.25, -0.2) is 9.98 Å². The van der Waals surface area contributed by atoms with E-state index in [-0.39, 0.29) is 0 Å². The molecule has 0 aliphatic carbocycles.